The van der Waals surface area contributed by atoms with Gasteiger partial charge in [-0.2, -0.15) is 0 Å². The van der Waals surface area contributed by atoms with E-state index in [-0.39, 0.29) is 11.5 Å². The van der Waals surface area contributed by atoms with Crippen LogP contribution < -0.4 is 4.74 Å². The summed E-state index contributed by atoms with van der Waals surface area (Å²) >= 11 is 5.96. The molecule has 0 saturated carbocycles. The van der Waals surface area contributed by atoms with Gasteiger partial charge in [-0.05, 0) is 31.9 Å². The van der Waals surface area contributed by atoms with Crippen molar-refractivity contribution in [2.24, 2.45) is 0 Å². The highest BCUT2D eigenvalue weighted by atomic mass is 35.5. The number of aldehydes is 1. The van der Waals surface area contributed by atoms with Crippen LogP contribution in [-0.2, 0) is 4.79 Å². The van der Waals surface area contributed by atoms with Gasteiger partial charge in [0.15, 0.2) is 12.4 Å². The maximum atomic E-state index is 12.4. The molecule has 0 radical (unpaired) electrons. The van der Waals surface area contributed by atoms with Gasteiger partial charge in [0.2, 0.25) is 0 Å². The highest BCUT2D eigenvalue weighted by molar-refractivity contribution is 6.33. The van der Waals surface area contributed by atoms with Crippen LogP contribution in [0.1, 0.15) is 43.0 Å². The number of carbonyl (C=O) groups is 2. The zero-order chi connectivity index (χ0) is 15.2. The Morgan fingerprint density at radius 1 is 1.29 bits per heavy atom. The molecule has 0 N–H and O–H groups in total. The van der Waals surface area contributed by atoms with E-state index in [1.807, 2.05) is 4.90 Å². The summed E-state index contributed by atoms with van der Waals surface area (Å²) in [4.78, 5) is 25.4. The molecule has 0 spiro atoms. The second-order valence-corrected chi connectivity index (χ2v) is 5.68. The normalized spacial score (nSPS) is 17.0. The molecular weight excluding hydrogens is 290 g/mol. The second-order valence-electron chi connectivity index (χ2n) is 5.27. The number of nitrogens with zero attached hydrogens (tertiary/aromatic N) is 1. The summed E-state index contributed by atoms with van der Waals surface area (Å²) in [5, 5.41) is 0.330. The molecule has 1 heterocycles. The minimum atomic E-state index is -0.625. The fourth-order valence-electron chi connectivity index (χ4n) is 2.52. The molecule has 1 amide bonds. The first-order valence-electron chi connectivity index (χ1n) is 7.32. The van der Waals surface area contributed by atoms with Crippen LogP contribution in [0.15, 0.2) is 18.2 Å². The average Bonchev–Trinajstić information content (AvgIpc) is 2.75. The predicted octanol–water partition coefficient (Wildman–Crippen LogP) is 3.32. The van der Waals surface area contributed by atoms with Gasteiger partial charge in [-0.1, -0.05) is 30.5 Å². The molecule has 4 nitrogen and oxygen atoms in total. The monoisotopic (exact) mass is 309 g/mol. The van der Waals surface area contributed by atoms with E-state index in [0.717, 1.165) is 25.9 Å². The third-order valence-corrected chi connectivity index (χ3v) is 4.03. The summed E-state index contributed by atoms with van der Waals surface area (Å²) in [5.41, 5.74) is 0.287. The quantitative estimate of drug-likeness (QED) is 0.802. The number of carbonyl (C=O) groups excluding carboxylic acids is 2. The van der Waals surface area contributed by atoms with Crippen molar-refractivity contribution in [2.75, 3.05) is 13.1 Å². The van der Waals surface area contributed by atoms with E-state index in [4.69, 9.17) is 16.3 Å². The summed E-state index contributed by atoms with van der Waals surface area (Å²) in [6, 6.07) is 4.98. The Morgan fingerprint density at radius 3 is 2.57 bits per heavy atom. The molecule has 1 aliphatic rings. The van der Waals surface area contributed by atoms with Crippen LogP contribution in [0, 0.1) is 0 Å². The van der Waals surface area contributed by atoms with Crippen LogP contribution in [0.2, 0.25) is 5.02 Å². The van der Waals surface area contributed by atoms with Gasteiger partial charge < -0.3 is 9.64 Å². The summed E-state index contributed by atoms with van der Waals surface area (Å²) in [6.45, 7) is 3.27. The van der Waals surface area contributed by atoms with E-state index >= 15 is 0 Å². The SMILES string of the molecule is CC(Oc1cccc(Cl)c1C=O)C(=O)N1CCCCCC1. The van der Waals surface area contributed by atoms with Crippen LogP contribution in [-0.4, -0.2) is 36.3 Å². The number of hydrogen-bond acceptors (Lipinski definition) is 3. The van der Waals surface area contributed by atoms with E-state index in [2.05, 4.69) is 0 Å². The van der Waals surface area contributed by atoms with Crippen LogP contribution in [0.25, 0.3) is 0 Å². The van der Waals surface area contributed by atoms with Crippen LogP contribution in [0.5, 0.6) is 5.75 Å². The summed E-state index contributed by atoms with van der Waals surface area (Å²) in [7, 11) is 0. The van der Waals surface area contributed by atoms with Gasteiger partial charge >= 0.3 is 0 Å². The fraction of sp³-hybridized carbons (Fsp3) is 0.500. The molecule has 1 aromatic carbocycles. The van der Waals surface area contributed by atoms with Crippen molar-refractivity contribution in [2.45, 2.75) is 38.7 Å². The molecule has 21 heavy (non-hydrogen) atoms. The number of benzene rings is 1. The maximum absolute atomic E-state index is 12.4. The van der Waals surface area contributed by atoms with Crippen molar-refractivity contribution in [1.29, 1.82) is 0 Å². The molecule has 0 aliphatic carbocycles. The molecule has 1 unspecified atom stereocenters. The molecule has 114 valence electrons. The number of rotatable bonds is 4. The Hall–Kier alpha value is -1.55. The second kappa shape index (κ2) is 7.46. The Bertz CT molecular complexity index is 510. The lowest BCUT2D eigenvalue weighted by atomic mass is 10.2. The lowest BCUT2D eigenvalue weighted by Gasteiger charge is -2.25. The van der Waals surface area contributed by atoms with Crippen LogP contribution >= 0.6 is 11.6 Å². The number of likely N-dealkylation sites (tertiary alicyclic amines) is 1. The molecule has 1 aromatic rings. The molecule has 0 bridgehead atoms. The van der Waals surface area contributed by atoms with Gasteiger partial charge in [0.1, 0.15) is 5.75 Å². The molecule has 5 heteroatoms. The molecule has 1 saturated heterocycles. The van der Waals surface area contributed by atoms with E-state index in [1.165, 1.54) is 12.8 Å². The molecule has 2 rings (SSSR count). The summed E-state index contributed by atoms with van der Waals surface area (Å²) in [5.74, 6) is 0.321. The number of ether oxygens (including phenoxy) is 1. The Labute approximate surface area is 130 Å². The average molecular weight is 310 g/mol. The topological polar surface area (TPSA) is 46.6 Å². The van der Waals surface area contributed by atoms with Crippen molar-refractivity contribution in [3.8, 4) is 5.75 Å². The van der Waals surface area contributed by atoms with Gasteiger partial charge in [-0.15, -0.1) is 0 Å². The predicted molar refractivity (Wildman–Crippen MR) is 82.0 cm³/mol. The molecule has 1 atom stereocenters. The Balaban J connectivity index is 2.06. The number of halogens is 1. The lowest BCUT2D eigenvalue weighted by Crippen LogP contribution is -2.41. The Kier molecular flexibility index (Phi) is 5.62. The smallest absolute Gasteiger partial charge is 0.263 e. The van der Waals surface area contributed by atoms with Gasteiger partial charge in [-0.25, -0.2) is 0 Å². The third kappa shape index (κ3) is 3.97. The number of amides is 1. The lowest BCUT2D eigenvalue weighted by molar-refractivity contribution is -0.137. The number of hydrogen-bond donors (Lipinski definition) is 0. The highest BCUT2D eigenvalue weighted by Crippen LogP contribution is 2.25. The van der Waals surface area contributed by atoms with Crippen molar-refractivity contribution < 1.29 is 14.3 Å². The largest absolute Gasteiger partial charge is 0.480 e. The first-order valence-corrected chi connectivity index (χ1v) is 7.70. The molecule has 1 fully saturated rings. The van der Waals surface area contributed by atoms with Gasteiger partial charge in [0, 0.05) is 13.1 Å². The minimum absolute atomic E-state index is 0.0336. The summed E-state index contributed by atoms with van der Waals surface area (Å²) < 4.78 is 5.67. The van der Waals surface area contributed by atoms with Crippen molar-refractivity contribution >= 4 is 23.8 Å². The molecule has 1 aliphatic heterocycles. The van der Waals surface area contributed by atoms with Crippen molar-refractivity contribution in [1.82, 2.24) is 4.90 Å². The van der Waals surface area contributed by atoms with E-state index in [0.29, 0.717) is 17.1 Å². The molecule has 0 aromatic heterocycles. The van der Waals surface area contributed by atoms with Gasteiger partial charge in [0.25, 0.3) is 5.91 Å². The zero-order valence-corrected chi connectivity index (χ0v) is 12.9. The van der Waals surface area contributed by atoms with Crippen LogP contribution in [0.3, 0.4) is 0 Å². The van der Waals surface area contributed by atoms with E-state index in [9.17, 15) is 9.59 Å². The standard InChI is InChI=1S/C16H20ClNO3/c1-12(16(20)18-9-4-2-3-5-10-18)21-15-8-6-7-14(17)13(15)11-19/h6-8,11-12H,2-5,9-10H2,1H3. The van der Waals surface area contributed by atoms with Crippen molar-refractivity contribution in [3.63, 3.8) is 0 Å². The first-order chi connectivity index (χ1) is 10.1. The van der Waals surface area contributed by atoms with Crippen LogP contribution in [0.4, 0.5) is 0 Å². The zero-order valence-electron chi connectivity index (χ0n) is 12.2. The maximum Gasteiger partial charge on any atom is 0.263 e. The molecular formula is C16H20ClNO3. The highest BCUT2D eigenvalue weighted by Gasteiger charge is 2.23. The Morgan fingerprint density at radius 2 is 1.95 bits per heavy atom. The minimum Gasteiger partial charge on any atom is -0.480 e. The van der Waals surface area contributed by atoms with E-state index in [1.54, 1.807) is 25.1 Å². The first kappa shape index (κ1) is 15.8. The van der Waals surface area contributed by atoms with E-state index < -0.39 is 6.10 Å². The fourth-order valence-corrected chi connectivity index (χ4v) is 2.73. The van der Waals surface area contributed by atoms with Gasteiger partial charge in [0.05, 0.1) is 10.6 Å². The van der Waals surface area contributed by atoms with Gasteiger partial charge in [-0.3, -0.25) is 9.59 Å². The summed E-state index contributed by atoms with van der Waals surface area (Å²) in [6.07, 6.45) is 4.44. The van der Waals surface area contributed by atoms with Crippen molar-refractivity contribution in [3.05, 3.63) is 28.8 Å². The third-order valence-electron chi connectivity index (χ3n) is 3.70.